The molecule has 0 radical (unpaired) electrons. The highest BCUT2D eigenvalue weighted by Crippen LogP contribution is 2.23. The van der Waals surface area contributed by atoms with E-state index in [1.165, 1.54) is 17.7 Å². The number of hydrogen-bond acceptors (Lipinski definition) is 4. The molecule has 4 aromatic rings. The zero-order valence-corrected chi connectivity index (χ0v) is 24.2. The van der Waals surface area contributed by atoms with Crippen LogP contribution in [0.15, 0.2) is 102 Å². The van der Waals surface area contributed by atoms with Crippen molar-refractivity contribution >= 4 is 29.2 Å². The highest BCUT2D eigenvalue weighted by atomic mass is 32.1. The molecule has 0 spiro atoms. The fraction of sp³-hybridized carbons (Fsp3) is 0.257. The van der Waals surface area contributed by atoms with Crippen molar-refractivity contribution in [2.75, 3.05) is 32.7 Å². The summed E-state index contributed by atoms with van der Waals surface area (Å²) in [7, 11) is 0. The summed E-state index contributed by atoms with van der Waals surface area (Å²) in [6, 6.07) is 30.1. The highest BCUT2D eigenvalue weighted by molar-refractivity contribution is 7.09. The summed E-state index contributed by atoms with van der Waals surface area (Å²) in [4.78, 5) is 31.7. The van der Waals surface area contributed by atoms with E-state index >= 15 is 0 Å². The van der Waals surface area contributed by atoms with Gasteiger partial charge < -0.3 is 15.1 Å². The Bertz CT molecular complexity index is 1440. The normalized spacial score (nSPS) is 13.5. The Labute approximate surface area is 247 Å². The van der Waals surface area contributed by atoms with E-state index in [2.05, 4.69) is 39.9 Å². The molecular formula is C35H37N3O2S. The predicted octanol–water partition coefficient (Wildman–Crippen LogP) is 6.53. The lowest BCUT2D eigenvalue weighted by Crippen LogP contribution is -2.33. The predicted molar refractivity (Wildman–Crippen MR) is 169 cm³/mol. The molecule has 0 aliphatic carbocycles. The van der Waals surface area contributed by atoms with Gasteiger partial charge >= 0.3 is 0 Å². The molecule has 210 valence electrons. The number of carbonyl (C=O) groups excluding carboxylic acids is 2. The van der Waals surface area contributed by atoms with Gasteiger partial charge in [-0.15, -0.1) is 11.3 Å². The van der Waals surface area contributed by atoms with Crippen LogP contribution in [0.25, 0.3) is 17.2 Å². The minimum atomic E-state index is -0.0437. The van der Waals surface area contributed by atoms with E-state index in [1.807, 2.05) is 77.7 Å². The molecule has 2 amide bonds. The number of nitrogens with zero attached hydrogens (tertiary/aromatic N) is 2. The summed E-state index contributed by atoms with van der Waals surface area (Å²) in [6.45, 7) is 4.95. The van der Waals surface area contributed by atoms with Gasteiger partial charge in [-0.2, -0.15) is 0 Å². The Hall–Kier alpha value is -4.00. The van der Waals surface area contributed by atoms with Gasteiger partial charge in [0.25, 0.3) is 5.91 Å². The van der Waals surface area contributed by atoms with Gasteiger partial charge in [0, 0.05) is 42.7 Å². The van der Waals surface area contributed by atoms with Crippen molar-refractivity contribution in [1.29, 1.82) is 0 Å². The second-order valence-electron chi connectivity index (χ2n) is 10.4. The van der Waals surface area contributed by atoms with Crippen LogP contribution < -0.4 is 5.32 Å². The van der Waals surface area contributed by atoms with Gasteiger partial charge in [0.1, 0.15) is 0 Å². The van der Waals surface area contributed by atoms with E-state index in [4.69, 9.17) is 0 Å². The molecule has 0 saturated carbocycles. The molecule has 1 aliphatic rings. The summed E-state index contributed by atoms with van der Waals surface area (Å²) < 4.78 is 0. The number of thiophene rings is 1. The Balaban J connectivity index is 1.27. The van der Waals surface area contributed by atoms with Crippen molar-refractivity contribution in [1.82, 2.24) is 15.1 Å². The molecule has 5 rings (SSSR count). The zero-order chi connectivity index (χ0) is 28.3. The molecule has 1 aliphatic heterocycles. The van der Waals surface area contributed by atoms with Gasteiger partial charge in [0.05, 0.1) is 0 Å². The summed E-state index contributed by atoms with van der Waals surface area (Å²) in [5, 5.41) is 5.15. The third-order valence-corrected chi connectivity index (χ3v) is 8.34. The first kappa shape index (κ1) is 28.5. The lowest BCUT2D eigenvalue weighted by Gasteiger charge is -2.22. The monoisotopic (exact) mass is 563 g/mol. The largest absolute Gasteiger partial charge is 0.351 e. The van der Waals surface area contributed by atoms with Crippen LogP contribution in [0.5, 0.6) is 0 Å². The van der Waals surface area contributed by atoms with Crippen molar-refractivity contribution < 1.29 is 9.59 Å². The molecule has 0 bridgehead atoms. The first-order valence-electron chi connectivity index (χ1n) is 14.4. The summed E-state index contributed by atoms with van der Waals surface area (Å²) >= 11 is 1.72. The Morgan fingerprint density at radius 1 is 0.878 bits per heavy atom. The fourth-order valence-corrected chi connectivity index (χ4v) is 5.85. The lowest BCUT2D eigenvalue weighted by molar-refractivity contribution is -0.126. The number of rotatable bonds is 12. The van der Waals surface area contributed by atoms with Gasteiger partial charge in [-0.1, -0.05) is 66.7 Å². The second kappa shape index (κ2) is 14.6. The smallest absolute Gasteiger partial charge is 0.251 e. The van der Waals surface area contributed by atoms with E-state index in [0.29, 0.717) is 25.2 Å². The second-order valence-corrected chi connectivity index (χ2v) is 11.5. The molecule has 0 atom stereocenters. The molecule has 1 saturated heterocycles. The third-order valence-electron chi connectivity index (χ3n) is 7.41. The number of likely N-dealkylation sites (tertiary alicyclic amines) is 1. The molecule has 1 aromatic heterocycles. The van der Waals surface area contributed by atoms with Crippen LogP contribution in [-0.4, -0.2) is 54.3 Å². The molecule has 3 aromatic carbocycles. The molecule has 1 N–H and O–H groups in total. The Morgan fingerprint density at radius 3 is 2.44 bits per heavy atom. The van der Waals surface area contributed by atoms with E-state index in [9.17, 15) is 9.59 Å². The molecular weight excluding hydrogens is 526 g/mol. The minimum absolute atomic E-state index is 0.0107. The van der Waals surface area contributed by atoms with Crippen LogP contribution >= 0.6 is 11.3 Å². The van der Waals surface area contributed by atoms with Crippen molar-refractivity contribution in [2.45, 2.75) is 25.8 Å². The third kappa shape index (κ3) is 8.49. The quantitative estimate of drug-likeness (QED) is 0.200. The maximum Gasteiger partial charge on any atom is 0.251 e. The van der Waals surface area contributed by atoms with Crippen LogP contribution in [0, 0.1) is 0 Å². The SMILES string of the molecule is O=C(NCCN1CCCC1)c1cccc(-c2cccc(CN(CCc3cccs3)C(=O)/C=C/c3ccccc3)c2)c1. The van der Waals surface area contributed by atoms with Gasteiger partial charge in [-0.05, 0) is 90.3 Å². The number of hydrogen-bond donors (Lipinski definition) is 1. The maximum atomic E-state index is 13.3. The molecule has 5 nitrogen and oxygen atoms in total. The minimum Gasteiger partial charge on any atom is -0.351 e. The molecule has 6 heteroatoms. The summed E-state index contributed by atoms with van der Waals surface area (Å²) in [5.74, 6) is -0.0545. The number of benzene rings is 3. The topological polar surface area (TPSA) is 52.7 Å². The average molecular weight is 564 g/mol. The number of nitrogens with one attached hydrogen (secondary N) is 1. The van der Waals surface area contributed by atoms with E-state index in [-0.39, 0.29) is 11.8 Å². The van der Waals surface area contributed by atoms with Crippen LogP contribution in [0.2, 0.25) is 0 Å². The van der Waals surface area contributed by atoms with Crippen molar-refractivity contribution in [3.8, 4) is 11.1 Å². The lowest BCUT2D eigenvalue weighted by atomic mass is 10.0. The van der Waals surface area contributed by atoms with Crippen molar-refractivity contribution in [3.63, 3.8) is 0 Å². The first-order valence-corrected chi connectivity index (χ1v) is 15.3. The van der Waals surface area contributed by atoms with Gasteiger partial charge in [-0.3, -0.25) is 9.59 Å². The molecule has 2 heterocycles. The number of amides is 2. The fourth-order valence-electron chi connectivity index (χ4n) is 5.15. The van der Waals surface area contributed by atoms with Crippen LogP contribution in [0.3, 0.4) is 0 Å². The van der Waals surface area contributed by atoms with Crippen LogP contribution in [-0.2, 0) is 17.8 Å². The van der Waals surface area contributed by atoms with E-state index < -0.39 is 0 Å². The average Bonchev–Trinajstić information content (AvgIpc) is 3.74. The summed E-state index contributed by atoms with van der Waals surface area (Å²) in [5.41, 5.74) is 4.73. The Kier molecular flexibility index (Phi) is 10.1. The first-order chi connectivity index (χ1) is 20.1. The molecule has 41 heavy (non-hydrogen) atoms. The highest BCUT2D eigenvalue weighted by Gasteiger charge is 2.14. The molecule has 0 unspecified atom stereocenters. The summed E-state index contributed by atoms with van der Waals surface area (Å²) in [6.07, 6.45) is 6.86. The zero-order valence-electron chi connectivity index (χ0n) is 23.4. The van der Waals surface area contributed by atoms with Crippen LogP contribution in [0.4, 0.5) is 0 Å². The van der Waals surface area contributed by atoms with Gasteiger partial charge in [-0.25, -0.2) is 0 Å². The van der Waals surface area contributed by atoms with Gasteiger partial charge in [0.15, 0.2) is 0 Å². The van der Waals surface area contributed by atoms with Crippen molar-refractivity contribution in [2.24, 2.45) is 0 Å². The molecule has 1 fully saturated rings. The maximum absolute atomic E-state index is 13.3. The van der Waals surface area contributed by atoms with E-state index in [1.54, 1.807) is 17.4 Å². The standard InChI is InChI=1S/C35H37N3O2S/c39-34(17-16-28-9-2-1-3-10-28)38(22-18-33-15-8-24-41-33)27-29-11-6-12-30(25-29)31-13-7-14-32(26-31)35(40)36-19-23-37-20-4-5-21-37/h1-3,6-17,24-26H,4-5,18-23,27H2,(H,36,40)/b17-16+. The number of carbonyl (C=O) groups is 2. The van der Waals surface area contributed by atoms with Crippen molar-refractivity contribution in [3.05, 3.63) is 124 Å². The van der Waals surface area contributed by atoms with Gasteiger partial charge in [0.2, 0.25) is 5.91 Å². The van der Waals surface area contributed by atoms with Crippen LogP contribution in [0.1, 0.15) is 39.2 Å². The van der Waals surface area contributed by atoms with E-state index in [0.717, 1.165) is 48.3 Å². The Morgan fingerprint density at radius 2 is 1.66 bits per heavy atom.